The van der Waals surface area contributed by atoms with Gasteiger partial charge in [-0.25, -0.2) is 8.42 Å². The van der Waals surface area contributed by atoms with Gasteiger partial charge in [0.1, 0.15) is 20.8 Å². The Kier molecular flexibility index (Phi) is 4.76. The maximum Gasteiger partial charge on any atom is 0.183 e. The Morgan fingerprint density at radius 3 is 2.81 bits per heavy atom. The summed E-state index contributed by atoms with van der Waals surface area (Å²) < 4.78 is 29.9. The van der Waals surface area contributed by atoms with Gasteiger partial charge in [-0.15, -0.1) is 11.3 Å². The summed E-state index contributed by atoms with van der Waals surface area (Å²) in [6.07, 6.45) is 2.92. The zero-order chi connectivity index (χ0) is 15.6. The number of ether oxygens (including phenoxy) is 1. The topological polar surface area (TPSA) is 105 Å². The fraction of sp³-hybridized carbons (Fsp3) is 0.615. The molecule has 1 heterocycles. The third kappa shape index (κ3) is 3.00. The molecular formula is C13H19N3O3S2. The first kappa shape index (κ1) is 16.1. The molecule has 1 aliphatic carbocycles. The maximum absolute atomic E-state index is 12.2. The van der Waals surface area contributed by atoms with Crippen LogP contribution in [-0.4, -0.2) is 33.4 Å². The second-order valence-electron chi connectivity index (χ2n) is 4.97. The molecule has 8 heteroatoms. The normalized spacial score (nSPS) is 22.1. The van der Waals surface area contributed by atoms with Crippen molar-refractivity contribution in [3.63, 3.8) is 0 Å². The summed E-state index contributed by atoms with van der Waals surface area (Å²) in [6, 6.07) is 2.01. The van der Waals surface area contributed by atoms with Crippen LogP contribution in [0.2, 0.25) is 0 Å². The average Bonchev–Trinajstić information content (AvgIpc) is 3.03. The van der Waals surface area contributed by atoms with E-state index in [0.29, 0.717) is 5.00 Å². The molecule has 21 heavy (non-hydrogen) atoms. The summed E-state index contributed by atoms with van der Waals surface area (Å²) in [7, 11) is -1.83. The van der Waals surface area contributed by atoms with E-state index in [-0.39, 0.29) is 33.4 Å². The molecule has 0 aliphatic heterocycles. The van der Waals surface area contributed by atoms with Gasteiger partial charge in [-0.1, -0.05) is 6.92 Å². The molecule has 1 aromatic heterocycles. The summed E-state index contributed by atoms with van der Waals surface area (Å²) in [6.45, 7) is 1.57. The van der Waals surface area contributed by atoms with Crippen molar-refractivity contribution >= 4 is 31.9 Å². The molecule has 2 atom stereocenters. The molecule has 1 aliphatic rings. The van der Waals surface area contributed by atoms with E-state index < -0.39 is 9.84 Å². The number of nitriles is 1. The van der Waals surface area contributed by atoms with Crippen LogP contribution in [0.25, 0.3) is 0 Å². The highest BCUT2D eigenvalue weighted by molar-refractivity contribution is 7.91. The maximum atomic E-state index is 12.2. The molecule has 2 rings (SSSR count). The van der Waals surface area contributed by atoms with Gasteiger partial charge in [0.15, 0.2) is 9.84 Å². The lowest BCUT2D eigenvalue weighted by Gasteiger charge is -2.20. The lowest BCUT2D eigenvalue weighted by Crippen LogP contribution is -2.30. The van der Waals surface area contributed by atoms with Crippen LogP contribution in [0, 0.1) is 11.3 Å². The van der Waals surface area contributed by atoms with Crippen LogP contribution in [0.4, 0.5) is 10.7 Å². The van der Waals surface area contributed by atoms with Crippen molar-refractivity contribution in [3.8, 4) is 6.07 Å². The highest BCUT2D eigenvalue weighted by Gasteiger charge is 2.31. The molecule has 6 nitrogen and oxygen atoms in total. The minimum atomic E-state index is -3.48. The first-order chi connectivity index (χ1) is 9.94. The van der Waals surface area contributed by atoms with Gasteiger partial charge in [-0.05, 0) is 19.3 Å². The van der Waals surface area contributed by atoms with Crippen molar-refractivity contribution in [1.29, 1.82) is 5.26 Å². The number of anilines is 2. The molecule has 2 unspecified atom stereocenters. The van der Waals surface area contributed by atoms with Crippen molar-refractivity contribution in [1.82, 2.24) is 0 Å². The predicted molar refractivity (Wildman–Crippen MR) is 83.2 cm³/mol. The largest absolute Gasteiger partial charge is 0.396 e. The second kappa shape index (κ2) is 6.22. The van der Waals surface area contributed by atoms with Crippen LogP contribution >= 0.6 is 11.3 Å². The summed E-state index contributed by atoms with van der Waals surface area (Å²) in [5.74, 6) is -0.0497. The number of nitrogens with zero attached hydrogens (tertiary/aromatic N) is 1. The first-order valence-corrected chi connectivity index (χ1v) is 9.25. The van der Waals surface area contributed by atoms with E-state index in [4.69, 9.17) is 15.7 Å². The van der Waals surface area contributed by atoms with E-state index in [1.165, 1.54) is 0 Å². The number of methoxy groups -OCH3 is 1. The van der Waals surface area contributed by atoms with Gasteiger partial charge in [0, 0.05) is 7.11 Å². The summed E-state index contributed by atoms with van der Waals surface area (Å²) in [4.78, 5) is 0.296. The molecular weight excluding hydrogens is 310 g/mol. The van der Waals surface area contributed by atoms with Crippen molar-refractivity contribution in [3.05, 3.63) is 4.88 Å². The third-order valence-electron chi connectivity index (χ3n) is 3.76. The Hall–Kier alpha value is -1.30. The molecule has 0 saturated heterocycles. The summed E-state index contributed by atoms with van der Waals surface area (Å²) >= 11 is 1.10. The minimum Gasteiger partial charge on any atom is -0.396 e. The molecule has 1 saturated carbocycles. The van der Waals surface area contributed by atoms with Gasteiger partial charge in [-0.2, -0.15) is 5.26 Å². The number of nitrogen functional groups attached to an aromatic ring is 1. The number of nitrogens with one attached hydrogen (secondary N) is 1. The van der Waals surface area contributed by atoms with Crippen LogP contribution < -0.4 is 11.1 Å². The van der Waals surface area contributed by atoms with Crippen LogP contribution in [-0.2, 0) is 14.6 Å². The van der Waals surface area contributed by atoms with Crippen molar-refractivity contribution in [2.24, 2.45) is 0 Å². The van der Waals surface area contributed by atoms with Gasteiger partial charge in [0.05, 0.1) is 23.6 Å². The van der Waals surface area contributed by atoms with E-state index in [1.807, 2.05) is 6.07 Å². The van der Waals surface area contributed by atoms with Crippen molar-refractivity contribution in [2.45, 2.75) is 43.2 Å². The highest BCUT2D eigenvalue weighted by atomic mass is 32.2. The van der Waals surface area contributed by atoms with E-state index in [9.17, 15) is 8.42 Å². The van der Waals surface area contributed by atoms with Crippen LogP contribution in [0.1, 0.15) is 31.1 Å². The molecule has 1 fully saturated rings. The Bertz CT molecular complexity index is 661. The Labute approximate surface area is 128 Å². The number of hydrogen-bond donors (Lipinski definition) is 2. The van der Waals surface area contributed by atoms with Gasteiger partial charge in [0.25, 0.3) is 0 Å². The number of nitrogens with two attached hydrogens (primary N) is 1. The van der Waals surface area contributed by atoms with E-state index in [1.54, 1.807) is 14.0 Å². The molecule has 0 spiro atoms. The van der Waals surface area contributed by atoms with Crippen molar-refractivity contribution < 1.29 is 13.2 Å². The number of thiophene rings is 1. The lowest BCUT2D eigenvalue weighted by molar-refractivity contribution is 0.101. The van der Waals surface area contributed by atoms with Gasteiger partial charge in [0.2, 0.25) is 0 Å². The quantitative estimate of drug-likeness (QED) is 0.855. The van der Waals surface area contributed by atoms with Gasteiger partial charge in [-0.3, -0.25) is 0 Å². The summed E-state index contributed by atoms with van der Waals surface area (Å²) in [5.41, 5.74) is 5.91. The second-order valence-corrected chi connectivity index (χ2v) is 8.21. The first-order valence-electron chi connectivity index (χ1n) is 6.79. The van der Waals surface area contributed by atoms with Crippen LogP contribution in [0.15, 0.2) is 4.90 Å². The van der Waals surface area contributed by atoms with Gasteiger partial charge >= 0.3 is 0 Å². The zero-order valence-corrected chi connectivity index (χ0v) is 13.7. The number of sulfone groups is 1. The third-order valence-corrected chi connectivity index (χ3v) is 6.74. The smallest absolute Gasteiger partial charge is 0.183 e. The van der Waals surface area contributed by atoms with E-state index in [2.05, 4.69) is 5.32 Å². The summed E-state index contributed by atoms with van der Waals surface area (Å²) in [5, 5.41) is 12.8. The SMILES string of the molecule is CCS(=O)(=O)c1c(NC2CCCC2OC)sc(C#N)c1N. The van der Waals surface area contributed by atoms with E-state index >= 15 is 0 Å². The van der Waals surface area contributed by atoms with Crippen LogP contribution in [0.5, 0.6) is 0 Å². The Morgan fingerprint density at radius 1 is 1.52 bits per heavy atom. The standard InChI is InChI=1S/C13H19N3O3S2/c1-3-21(17,18)12-11(15)10(7-14)20-13(12)16-8-5-4-6-9(8)19-2/h8-9,16H,3-6,15H2,1-2H3. The average molecular weight is 329 g/mol. The molecule has 3 N–H and O–H groups in total. The van der Waals surface area contributed by atoms with Crippen molar-refractivity contribution in [2.75, 3.05) is 23.9 Å². The Morgan fingerprint density at radius 2 is 2.24 bits per heavy atom. The number of hydrogen-bond acceptors (Lipinski definition) is 7. The van der Waals surface area contributed by atoms with Gasteiger partial charge < -0.3 is 15.8 Å². The minimum absolute atomic E-state index is 0.0467. The lowest BCUT2D eigenvalue weighted by atomic mass is 10.2. The predicted octanol–water partition coefficient (Wildman–Crippen LogP) is 1.97. The van der Waals surface area contributed by atoms with Crippen LogP contribution in [0.3, 0.4) is 0 Å². The fourth-order valence-corrected chi connectivity index (χ4v) is 5.11. The number of rotatable bonds is 5. The molecule has 0 amide bonds. The molecule has 0 radical (unpaired) electrons. The fourth-order valence-electron chi connectivity index (χ4n) is 2.60. The molecule has 0 bridgehead atoms. The molecule has 1 aromatic rings. The van der Waals surface area contributed by atoms with E-state index in [0.717, 1.165) is 30.6 Å². The monoisotopic (exact) mass is 329 g/mol. The molecule has 116 valence electrons. The highest BCUT2D eigenvalue weighted by Crippen LogP contribution is 2.41. The zero-order valence-electron chi connectivity index (χ0n) is 12.0. The Balaban J connectivity index is 2.42. The molecule has 0 aromatic carbocycles.